The maximum absolute atomic E-state index is 13.1. The lowest BCUT2D eigenvalue weighted by atomic mass is 9.98. The maximum Gasteiger partial charge on any atom is 0.409 e. The number of hydrogen-bond donors (Lipinski definition) is 1. The highest BCUT2D eigenvalue weighted by molar-refractivity contribution is 6.36. The SMILES string of the molecule is COC1=CC=C(C(=O)Cc2c(Cl)cncc2Cl)C2=CC(C(F)(F)F)NN12. The Hall–Kier alpha value is -2.03. The van der Waals surface area contributed by atoms with Crippen LogP contribution < -0.4 is 5.43 Å². The molecule has 1 atom stereocenters. The summed E-state index contributed by atoms with van der Waals surface area (Å²) >= 11 is 12.0. The summed E-state index contributed by atoms with van der Waals surface area (Å²) in [5.41, 5.74) is 2.79. The van der Waals surface area contributed by atoms with Gasteiger partial charge in [-0.25, -0.2) is 10.4 Å². The largest absolute Gasteiger partial charge is 0.481 e. The number of methoxy groups -OCH3 is 1. The molecule has 1 unspecified atom stereocenters. The van der Waals surface area contributed by atoms with Gasteiger partial charge in [-0.2, -0.15) is 13.2 Å². The summed E-state index contributed by atoms with van der Waals surface area (Å²) < 4.78 is 44.3. The Kier molecular flexibility index (Phi) is 5.01. The van der Waals surface area contributed by atoms with E-state index in [0.717, 1.165) is 11.1 Å². The number of ether oxygens (including phenoxy) is 1. The van der Waals surface area contributed by atoms with E-state index in [0.29, 0.717) is 5.56 Å². The number of ketones is 1. The highest BCUT2D eigenvalue weighted by atomic mass is 35.5. The zero-order valence-corrected chi connectivity index (χ0v) is 14.8. The van der Waals surface area contributed by atoms with E-state index >= 15 is 0 Å². The fraction of sp³-hybridized carbons (Fsp3) is 0.250. The average Bonchev–Trinajstić information content (AvgIpc) is 3.03. The Bertz CT molecular complexity index is 829. The van der Waals surface area contributed by atoms with Crippen LogP contribution in [-0.4, -0.2) is 35.1 Å². The van der Waals surface area contributed by atoms with Gasteiger partial charge in [0.05, 0.1) is 22.9 Å². The van der Waals surface area contributed by atoms with Gasteiger partial charge in [-0.15, -0.1) is 0 Å². The second-order valence-corrected chi connectivity index (χ2v) is 6.32. The van der Waals surface area contributed by atoms with Gasteiger partial charge in [-0.1, -0.05) is 23.2 Å². The van der Waals surface area contributed by atoms with Gasteiger partial charge in [0, 0.05) is 36.0 Å². The minimum Gasteiger partial charge on any atom is -0.481 e. The maximum atomic E-state index is 13.1. The number of rotatable bonds is 4. The number of allylic oxidation sites excluding steroid dienone is 3. The number of carbonyl (C=O) groups is 1. The minimum absolute atomic E-state index is 0.0676. The van der Waals surface area contributed by atoms with Gasteiger partial charge in [-0.3, -0.25) is 9.78 Å². The third-order valence-corrected chi connectivity index (χ3v) is 4.53. The van der Waals surface area contributed by atoms with Crippen molar-refractivity contribution in [1.82, 2.24) is 15.4 Å². The number of aromatic nitrogens is 1. The molecule has 0 amide bonds. The van der Waals surface area contributed by atoms with Gasteiger partial charge < -0.3 is 4.74 Å². The number of hydrazine groups is 1. The molecular weight excluding hydrogens is 394 g/mol. The topological polar surface area (TPSA) is 54.5 Å². The molecule has 26 heavy (non-hydrogen) atoms. The summed E-state index contributed by atoms with van der Waals surface area (Å²) in [6, 6.07) is -1.93. The van der Waals surface area contributed by atoms with Crippen LogP contribution in [0.1, 0.15) is 5.56 Å². The summed E-state index contributed by atoms with van der Waals surface area (Å²) in [6.45, 7) is 0. The predicted molar refractivity (Wildman–Crippen MR) is 89.0 cm³/mol. The van der Waals surface area contributed by atoms with Gasteiger partial charge >= 0.3 is 6.18 Å². The molecule has 0 saturated carbocycles. The van der Waals surface area contributed by atoms with Crippen molar-refractivity contribution < 1.29 is 22.7 Å². The van der Waals surface area contributed by atoms with Gasteiger partial charge in [0.2, 0.25) is 5.88 Å². The van der Waals surface area contributed by atoms with Crippen molar-refractivity contribution in [1.29, 1.82) is 0 Å². The van der Waals surface area contributed by atoms with Crippen LogP contribution in [0.2, 0.25) is 10.0 Å². The fourth-order valence-electron chi connectivity index (χ4n) is 2.61. The molecule has 3 rings (SSSR count). The number of Topliss-reactive ketones (excluding diaryl/α,β-unsaturated/α-hetero) is 1. The lowest BCUT2D eigenvalue weighted by molar-refractivity contribution is -0.149. The van der Waals surface area contributed by atoms with Crippen molar-refractivity contribution in [3.8, 4) is 0 Å². The number of nitrogens with one attached hydrogen (secondary N) is 1. The van der Waals surface area contributed by atoms with Crippen LogP contribution >= 0.6 is 23.2 Å². The Labute approximate surface area is 156 Å². The molecule has 0 saturated heterocycles. The Morgan fingerprint density at radius 1 is 1.31 bits per heavy atom. The molecule has 10 heteroatoms. The first-order valence-corrected chi connectivity index (χ1v) is 8.10. The van der Waals surface area contributed by atoms with E-state index in [2.05, 4.69) is 10.4 Å². The molecule has 0 radical (unpaired) electrons. The second kappa shape index (κ2) is 6.94. The Morgan fingerprint density at radius 3 is 2.54 bits per heavy atom. The van der Waals surface area contributed by atoms with Crippen LogP contribution in [0.4, 0.5) is 13.2 Å². The molecule has 5 nitrogen and oxygen atoms in total. The van der Waals surface area contributed by atoms with E-state index in [9.17, 15) is 18.0 Å². The fourth-order valence-corrected chi connectivity index (χ4v) is 3.11. The van der Waals surface area contributed by atoms with E-state index in [-0.39, 0.29) is 33.6 Å². The highest BCUT2D eigenvalue weighted by Gasteiger charge is 2.46. The first kappa shape index (κ1) is 18.8. The Morgan fingerprint density at radius 2 is 1.96 bits per heavy atom. The molecule has 1 N–H and O–H groups in total. The van der Waals surface area contributed by atoms with Gasteiger partial charge in [0.25, 0.3) is 0 Å². The van der Waals surface area contributed by atoms with Crippen LogP contribution in [0.5, 0.6) is 0 Å². The lowest BCUT2D eigenvalue weighted by Gasteiger charge is -2.28. The first-order valence-electron chi connectivity index (χ1n) is 7.34. The number of fused-ring (bicyclic) bond motifs is 1. The van der Waals surface area contributed by atoms with Crippen molar-refractivity contribution in [2.75, 3.05) is 7.11 Å². The van der Waals surface area contributed by atoms with Crippen LogP contribution in [0.15, 0.2) is 47.8 Å². The number of nitrogens with zero attached hydrogens (tertiary/aromatic N) is 2. The second-order valence-electron chi connectivity index (χ2n) is 5.51. The predicted octanol–water partition coefficient (Wildman–Crippen LogP) is 3.56. The van der Waals surface area contributed by atoms with E-state index in [1.165, 1.54) is 31.7 Å². The molecule has 0 fully saturated rings. The molecule has 3 heterocycles. The summed E-state index contributed by atoms with van der Waals surface area (Å²) in [5, 5.41) is 1.51. The smallest absolute Gasteiger partial charge is 0.409 e. The molecular formula is C16H12Cl2F3N3O2. The van der Waals surface area contributed by atoms with E-state index < -0.39 is 18.0 Å². The van der Waals surface area contributed by atoms with Gasteiger partial charge in [0.15, 0.2) is 5.78 Å². The molecule has 1 aromatic heterocycles. The first-order chi connectivity index (χ1) is 12.2. The standard InChI is InChI=1S/C16H12Cl2F3N3O2/c1-26-15-3-2-8(12-5-14(16(19,20)21)23-24(12)15)13(25)4-9-10(17)6-22-7-11(9)18/h2-3,5-7,14,23H,4H2,1H3. The number of alkyl halides is 3. The van der Waals surface area contributed by atoms with Crippen molar-refractivity contribution in [2.45, 2.75) is 18.6 Å². The quantitative estimate of drug-likeness (QED) is 0.829. The summed E-state index contributed by atoms with van der Waals surface area (Å²) in [5.74, 6) is -0.299. The Balaban J connectivity index is 1.94. The number of hydrogen-bond acceptors (Lipinski definition) is 5. The average molecular weight is 406 g/mol. The molecule has 0 spiro atoms. The van der Waals surface area contributed by atoms with E-state index in [1.54, 1.807) is 0 Å². The normalized spacial score (nSPS) is 19.5. The summed E-state index contributed by atoms with van der Waals surface area (Å²) in [4.78, 5) is 16.5. The third-order valence-electron chi connectivity index (χ3n) is 3.87. The lowest BCUT2D eigenvalue weighted by Crippen LogP contribution is -2.45. The van der Waals surface area contributed by atoms with Crippen molar-refractivity contribution in [3.05, 3.63) is 63.4 Å². The number of carbonyl (C=O) groups excluding carboxylic acids is 1. The summed E-state index contributed by atoms with van der Waals surface area (Å²) in [6.07, 6.45) is 1.75. The van der Waals surface area contributed by atoms with Gasteiger partial charge in [0.1, 0.15) is 6.04 Å². The molecule has 0 bridgehead atoms. The van der Waals surface area contributed by atoms with E-state index in [1.807, 2.05) is 0 Å². The summed E-state index contributed by atoms with van der Waals surface area (Å²) in [7, 11) is 1.32. The third kappa shape index (κ3) is 3.44. The molecule has 0 aliphatic carbocycles. The van der Waals surface area contributed by atoms with Crippen LogP contribution in [-0.2, 0) is 16.0 Å². The molecule has 0 aromatic carbocycles. The number of pyridine rings is 1. The van der Waals surface area contributed by atoms with E-state index in [4.69, 9.17) is 27.9 Å². The van der Waals surface area contributed by atoms with Crippen molar-refractivity contribution in [2.24, 2.45) is 0 Å². The minimum atomic E-state index is -4.52. The van der Waals surface area contributed by atoms with Crippen LogP contribution in [0.25, 0.3) is 0 Å². The zero-order chi connectivity index (χ0) is 19.1. The number of halogens is 5. The van der Waals surface area contributed by atoms with Crippen LogP contribution in [0.3, 0.4) is 0 Å². The highest BCUT2D eigenvalue weighted by Crippen LogP contribution is 2.35. The monoisotopic (exact) mass is 405 g/mol. The zero-order valence-electron chi connectivity index (χ0n) is 13.3. The molecule has 1 aromatic rings. The molecule has 2 aliphatic rings. The molecule has 2 aliphatic heterocycles. The van der Waals surface area contributed by atoms with Crippen molar-refractivity contribution in [3.63, 3.8) is 0 Å². The molecule has 138 valence electrons. The van der Waals surface area contributed by atoms with Crippen molar-refractivity contribution >= 4 is 29.0 Å². The van der Waals surface area contributed by atoms with Gasteiger partial charge in [-0.05, 0) is 12.2 Å². The van der Waals surface area contributed by atoms with Crippen LogP contribution in [0, 0.1) is 0 Å².